The highest BCUT2D eigenvalue weighted by atomic mass is 16.7. The average molecular weight is 386 g/mol. The first-order valence-electron chi connectivity index (χ1n) is 11.0. The maximum absolute atomic E-state index is 6.37. The number of pyridine rings is 1. The molecule has 2 saturated carbocycles. The molecule has 2 aliphatic carbocycles. The standard InChI is InChI=1S/C24H35NO3/c1-16(2)23-27-15-19-21-6-5-17(3)20(24(21,4)11-7-22(19)28-23)10-14-26-18-8-12-25-13-9-18/h8-9,12-13,16,19-23H,3,5-7,10-11,14-15H2,1-2,4H3/t19?,20?,21?,22?,23-,24?/m1/s1. The van der Waals surface area contributed by atoms with E-state index in [-0.39, 0.29) is 11.7 Å². The molecular formula is C24H35NO3. The van der Waals surface area contributed by atoms with Crippen LogP contribution in [0, 0.1) is 29.1 Å². The summed E-state index contributed by atoms with van der Waals surface area (Å²) < 4.78 is 18.5. The Bertz CT molecular complexity index is 676. The predicted octanol–water partition coefficient (Wildman–Crippen LogP) is 5.25. The van der Waals surface area contributed by atoms with Gasteiger partial charge in [0.1, 0.15) is 5.75 Å². The van der Waals surface area contributed by atoms with Crippen molar-refractivity contribution in [2.75, 3.05) is 13.2 Å². The first-order valence-corrected chi connectivity index (χ1v) is 11.0. The van der Waals surface area contributed by atoms with Gasteiger partial charge in [-0.2, -0.15) is 0 Å². The van der Waals surface area contributed by atoms with Gasteiger partial charge in [-0.05, 0) is 61.5 Å². The number of hydrogen-bond donors (Lipinski definition) is 0. The summed E-state index contributed by atoms with van der Waals surface area (Å²) in [5, 5.41) is 0. The third-order valence-electron chi connectivity index (χ3n) is 7.51. The smallest absolute Gasteiger partial charge is 0.160 e. The molecule has 4 rings (SSSR count). The normalized spacial score (nSPS) is 38.0. The van der Waals surface area contributed by atoms with E-state index in [1.165, 1.54) is 18.4 Å². The lowest BCUT2D eigenvalue weighted by Crippen LogP contribution is -2.56. The molecule has 0 spiro atoms. The molecule has 1 aromatic rings. The molecule has 4 heteroatoms. The lowest BCUT2D eigenvalue weighted by molar-refractivity contribution is -0.282. The first-order chi connectivity index (χ1) is 13.5. The van der Waals surface area contributed by atoms with Crippen LogP contribution < -0.4 is 4.74 Å². The van der Waals surface area contributed by atoms with Gasteiger partial charge in [0.2, 0.25) is 0 Å². The van der Waals surface area contributed by atoms with Gasteiger partial charge >= 0.3 is 0 Å². The molecule has 3 aliphatic rings. The van der Waals surface area contributed by atoms with Crippen molar-refractivity contribution < 1.29 is 14.2 Å². The van der Waals surface area contributed by atoms with E-state index in [2.05, 4.69) is 32.3 Å². The topological polar surface area (TPSA) is 40.6 Å². The molecule has 0 bridgehead atoms. The van der Waals surface area contributed by atoms with Crippen molar-refractivity contribution in [3.63, 3.8) is 0 Å². The van der Waals surface area contributed by atoms with Gasteiger partial charge < -0.3 is 14.2 Å². The second-order valence-corrected chi connectivity index (χ2v) is 9.50. The van der Waals surface area contributed by atoms with E-state index in [0.717, 1.165) is 38.2 Å². The fourth-order valence-corrected chi connectivity index (χ4v) is 5.98. The van der Waals surface area contributed by atoms with Crippen LogP contribution in [-0.2, 0) is 9.47 Å². The Morgan fingerprint density at radius 1 is 1.29 bits per heavy atom. The number of hydrogen-bond acceptors (Lipinski definition) is 4. The van der Waals surface area contributed by atoms with E-state index >= 15 is 0 Å². The second kappa shape index (κ2) is 8.16. The van der Waals surface area contributed by atoms with Crippen molar-refractivity contribution >= 4 is 0 Å². The van der Waals surface area contributed by atoms with Gasteiger partial charge in [0.25, 0.3) is 0 Å². The molecule has 0 amide bonds. The Morgan fingerprint density at radius 3 is 2.82 bits per heavy atom. The number of allylic oxidation sites excluding steroid dienone is 1. The van der Waals surface area contributed by atoms with Crippen LogP contribution in [0.4, 0.5) is 0 Å². The number of aromatic nitrogens is 1. The molecule has 1 aliphatic heterocycles. The molecule has 4 nitrogen and oxygen atoms in total. The van der Waals surface area contributed by atoms with Crippen molar-refractivity contribution in [2.45, 2.75) is 65.3 Å². The first kappa shape index (κ1) is 19.9. The SMILES string of the molecule is C=C1CCC2C3CO[C@@H](C(C)C)OC3CCC2(C)C1CCOc1ccncc1. The maximum atomic E-state index is 6.37. The summed E-state index contributed by atoms with van der Waals surface area (Å²) in [5.74, 6) is 2.99. The van der Waals surface area contributed by atoms with E-state index in [1.807, 2.05) is 12.1 Å². The summed E-state index contributed by atoms with van der Waals surface area (Å²) in [7, 11) is 0. The van der Waals surface area contributed by atoms with Crippen molar-refractivity contribution in [1.82, 2.24) is 4.98 Å². The van der Waals surface area contributed by atoms with Crippen LogP contribution in [0.5, 0.6) is 5.75 Å². The molecule has 0 N–H and O–H groups in total. The zero-order chi connectivity index (χ0) is 19.7. The third kappa shape index (κ3) is 3.73. The van der Waals surface area contributed by atoms with Crippen molar-refractivity contribution in [3.05, 3.63) is 36.7 Å². The summed E-state index contributed by atoms with van der Waals surface area (Å²) in [6.45, 7) is 12.9. The van der Waals surface area contributed by atoms with Gasteiger partial charge in [0.05, 0.1) is 19.3 Å². The highest BCUT2D eigenvalue weighted by Crippen LogP contribution is 2.59. The molecule has 5 unspecified atom stereocenters. The van der Waals surface area contributed by atoms with Crippen LogP contribution in [0.25, 0.3) is 0 Å². The minimum Gasteiger partial charge on any atom is -0.493 e. The van der Waals surface area contributed by atoms with E-state index < -0.39 is 0 Å². The zero-order valence-corrected chi connectivity index (χ0v) is 17.6. The quantitative estimate of drug-likeness (QED) is 0.649. The molecule has 0 aromatic carbocycles. The van der Waals surface area contributed by atoms with Gasteiger partial charge in [-0.3, -0.25) is 4.98 Å². The molecule has 2 heterocycles. The predicted molar refractivity (Wildman–Crippen MR) is 110 cm³/mol. The third-order valence-corrected chi connectivity index (χ3v) is 7.51. The van der Waals surface area contributed by atoms with Gasteiger partial charge in [-0.15, -0.1) is 0 Å². The Morgan fingerprint density at radius 2 is 2.07 bits per heavy atom. The second-order valence-electron chi connectivity index (χ2n) is 9.50. The molecule has 28 heavy (non-hydrogen) atoms. The number of ether oxygens (including phenoxy) is 3. The monoisotopic (exact) mass is 385 g/mol. The lowest BCUT2D eigenvalue weighted by Gasteiger charge is -2.58. The Labute approximate surface area is 169 Å². The summed E-state index contributed by atoms with van der Waals surface area (Å²) >= 11 is 0. The van der Waals surface area contributed by atoms with Gasteiger partial charge in [-0.25, -0.2) is 0 Å². The number of nitrogens with zero attached hydrogens (tertiary/aromatic N) is 1. The van der Waals surface area contributed by atoms with Crippen LogP contribution in [0.1, 0.15) is 52.9 Å². The fourth-order valence-electron chi connectivity index (χ4n) is 5.98. The lowest BCUT2D eigenvalue weighted by atomic mass is 9.50. The van der Waals surface area contributed by atoms with Crippen LogP contribution in [-0.4, -0.2) is 30.6 Å². The molecular weight excluding hydrogens is 350 g/mol. The summed E-state index contributed by atoms with van der Waals surface area (Å²) in [5.41, 5.74) is 1.68. The van der Waals surface area contributed by atoms with Crippen molar-refractivity contribution in [2.24, 2.45) is 29.1 Å². The maximum Gasteiger partial charge on any atom is 0.160 e. The molecule has 154 valence electrons. The van der Waals surface area contributed by atoms with Gasteiger partial charge in [0.15, 0.2) is 6.29 Å². The molecule has 3 fully saturated rings. The van der Waals surface area contributed by atoms with Gasteiger partial charge in [-0.1, -0.05) is 32.9 Å². The van der Waals surface area contributed by atoms with E-state index in [0.29, 0.717) is 29.8 Å². The minimum atomic E-state index is -0.0336. The molecule has 6 atom stereocenters. The Balaban J connectivity index is 1.43. The highest BCUT2D eigenvalue weighted by molar-refractivity contribution is 5.18. The minimum absolute atomic E-state index is 0.0336. The molecule has 1 aromatic heterocycles. The van der Waals surface area contributed by atoms with Crippen molar-refractivity contribution in [3.8, 4) is 5.75 Å². The summed E-state index contributed by atoms with van der Waals surface area (Å²) in [6.07, 6.45) is 9.60. The van der Waals surface area contributed by atoms with Crippen molar-refractivity contribution in [1.29, 1.82) is 0 Å². The number of rotatable bonds is 5. The molecule has 1 saturated heterocycles. The largest absolute Gasteiger partial charge is 0.493 e. The molecule has 0 radical (unpaired) electrons. The Kier molecular flexibility index (Phi) is 5.80. The fraction of sp³-hybridized carbons (Fsp3) is 0.708. The average Bonchev–Trinajstić information content (AvgIpc) is 2.70. The van der Waals surface area contributed by atoms with Crippen LogP contribution in [0.3, 0.4) is 0 Å². The van der Waals surface area contributed by atoms with E-state index in [1.54, 1.807) is 12.4 Å². The highest BCUT2D eigenvalue weighted by Gasteiger charge is 2.54. The zero-order valence-electron chi connectivity index (χ0n) is 17.6. The van der Waals surface area contributed by atoms with Gasteiger partial charge in [0, 0.05) is 24.2 Å². The van der Waals surface area contributed by atoms with E-state index in [9.17, 15) is 0 Å². The van der Waals surface area contributed by atoms with Crippen LogP contribution in [0.15, 0.2) is 36.7 Å². The summed E-state index contributed by atoms with van der Waals surface area (Å²) in [6, 6.07) is 3.85. The van der Waals surface area contributed by atoms with E-state index in [4.69, 9.17) is 14.2 Å². The van der Waals surface area contributed by atoms with Crippen LogP contribution in [0.2, 0.25) is 0 Å². The summed E-state index contributed by atoms with van der Waals surface area (Å²) in [4.78, 5) is 4.06. The van der Waals surface area contributed by atoms with Crippen LogP contribution >= 0.6 is 0 Å². The Hall–Kier alpha value is -1.39. The number of fused-ring (bicyclic) bond motifs is 3.